The third kappa shape index (κ3) is 5.48. The molecule has 1 atom stereocenters. The van der Waals surface area contributed by atoms with Gasteiger partial charge in [-0.2, -0.15) is 0 Å². The molecule has 0 aromatic heterocycles. The second kappa shape index (κ2) is 8.88. The fourth-order valence-electron chi connectivity index (χ4n) is 2.29. The van der Waals surface area contributed by atoms with Crippen LogP contribution in [0, 0.1) is 6.92 Å². The zero-order valence-electron chi connectivity index (χ0n) is 14.0. The Morgan fingerprint density at radius 2 is 1.76 bits per heavy atom. The fourth-order valence-corrected chi connectivity index (χ4v) is 2.59. The van der Waals surface area contributed by atoms with Crippen molar-refractivity contribution in [2.24, 2.45) is 0 Å². The number of rotatable bonds is 6. The van der Waals surface area contributed by atoms with E-state index in [1.807, 2.05) is 38.1 Å². The number of esters is 1. The predicted octanol–water partition coefficient (Wildman–Crippen LogP) is 4.73. The number of carbonyl (C=O) groups is 2. The molecule has 0 spiro atoms. The lowest BCUT2D eigenvalue weighted by Crippen LogP contribution is -2.32. The van der Waals surface area contributed by atoms with Gasteiger partial charge in [-0.3, -0.25) is 4.79 Å². The highest BCUT2D eigenvalue weighted by Gasteiger charge is 2.15. The zero-order valence-corrected chi connectivity index (χ0v) is 15.5. The van der Waals surface area contributed by atoms with Crippen LogP contribution < -0.4 is 5.32 Å². The highest BCUT2D eigenvalue weighted by molar-refractivity contribution is 6.42. The molecular weight excluding hydrogens is 361 g/mol. The number of carbonyl (C=O) groups excluding carboxylic acids is 2. The van der Waals surface area contributed by atoms with Crippen LogP contribution in [0.15, 0.2) is 42.5 Å². The zero-order chi connectivity index (χ0) is 18.4. The minimum absolute atomic E-state index is 0.128. The van der Waals surface area contributed by atoms with Gasteiger partial charge in [-0.1, -0.05) is 60.0 Å². The molecule has 6 heteroatoms. The Hall–Kier alpha value is -2.04. The molecular formula is C19H19Cl2NO3. The van der Waals surface area contributed by atoms with E-state index in [4.69, 9.17) is 27.9 Å². The van der Waals surface area contributed by atoms with E-state index in [1.165, 1.54) is 18.2 Å². The average Bonchev–Trinajstić information content (AvgIpc) is 2.60. The lowest BCUT2D eigenvalue weighted by molar-refractivity contribution is -0.125. The van der Waals surface area contributed by atoms with Gasteiger partial charge in [-0.25, -0.2) is 4.79 Å². The topological polar surface area (TPSA) is 55.4 Å². The predicted molar refractivity (Wildman–Crippen MR) is 99.1 cm³/mol. The molecule has 0 unspecified atom stereocenters. The molecule has 2 aromatic rings. The molecule has 1 N–H and O–H groups in total. The first kappa shape index (κ1) is 19.3. The maximum Gasteiger partial charge on any atom is 0.338 e. The van der Waals surface area contributed by atoms with E-state index in [9.17, 15) is 9.59 Å². The summed E-state index contributed by atoms with van der Waals surface area (Å²) in [5.74, 6) is -0.988. The summed E-state index contributed by atoms with van der Waals surface area (Å²) in [7, 11) is 0. The molecule has 0 saturated heterocycles. The lowest BCUT2D eigenvalue weighted by atomic mass is 10.0. The number of ether oxygens (including phenoxy) is 1. The quantitative estimate of drug-likeness (QED) is 0.738. The minimum atomic E-state index is -0.628. The van der Waals surface area contributed by atoms with Crippen molar-refractivity contribution in [3.05, 3.63) is 69.2 Å². The summed E-state index contributed by atoms with van der Waals surface area (Å²) in [6, 6.07) is 12.2. The number of benzene rings is 2. The van der Waals surface area contributed by atoms with Gasteiger partial charge in [0.2, 0.25) is 0 Å². The van der Waals surface area contributed by atoms with Crippen molar-refractivity contribution in [2.75, 3.05) is 6.61 Å². The Morgan fingerprint density at radius 1 is 1.08 bits per heavy atom. The molecule has 2 rings (SSSR count). The second-order valence-electron chi connectivity index (χ2n) is 5.64. The Morgan fingerprint density at radius 3 is 2.36 bits per heavy atom. The van der Waals surface area contributed by atoms with Gasteiger partial charge in [-0.05, 0) is 37.1 Å². The van der Waals surface area contributed by atoms with E-state index in [0.717, 1.165) is 17.5 Å². The number of hydrogen-bond acceptors (Lipinski definition) is 3. The third-order valence-electron chi connectivity index (χ3n) is 3.71. The van der Waals surface area contributed by atoms with Gasteiger partial charge in [0.15, 0.2) is 6.61 Å². The van der Waals surface area contributed by atoms with E-state index in [0.29, 0.717) is 5.02 Å². The Balaban J connectivity index is 1.91. The van der Waals surface area contributed by atoms with Crippen LogP contribution in [0.2, 0.25) is 10.0 Å². The Kier molecular flexibility index (Phi) is 6.85. The molecule has 2 aromatic carbocycles. The summed E-state index contributed by atoms with van der Waals surface area (Å²) in [6.45, 7) is 3.62. The van der Waals surface area contributed by atoms with Crippen LogP contribution in [-0.4, -0.2) is 18.5 Å². The van der Waals surface area contributed by atoms with Crippen molar-refractivity contribution < 1.29 is 14.3 Å². The summed E-state index contributed by atoms with van der Waals surface area (Å²) in [4.78, 5) is 24.0. The first-order valence-electron chi connectivity index (χ1n) is 7.88. The molecule has 0 fully saturated rings. The Labute approximate surface area is 157 Å². The monoisotopic (exact) mass is 379 g/mol. The number of hydrogen-bond donors (Lipinski definition) is 1. The van der Waals surface area contributed by atoms with Crippen LogP contribution in [0.25, 0.3) is 0 Å². The molecule has 0 saturated carbocycles. The highest BCUT2D eigenvalue weighted by Crippen LogP contribution is 2.23. The van der Waals surface area contributed by atoms with E-state index in [-0.39, 0.29) is 29.1 Å². The standard InChI is InChI=1S/C19H19Cl2NO3/c1-3-17(13-6-4-12(2)5-7-13)22-18(23)11-25-19(24)14-8-9-15(20)16(21)10-14/h4-10,17H,3,11H2,1-2H3,(H,22,23)/t17-/m0/s1. The number of nitrogens with one attached hydrogen (secondary N) is 1. The molecule has 0 aliphatic carbocycles. The number of halogens is 2. The van der Waals surface area contributed by atoms with E-state index < -0.39 is 5.97 Å². The molecule has 132 valence electrons. The first-order chi connectivity index (χ1) is 11.9. The maximum absolute atomic E-state index is 12.1. The molecule has 0 aliphatic heterocycles. The van der Waals surface area contributed by atoms with Crippen LogP contribution in [0.5, 0.6) is 0 Å². The van der Waals surface area contributed by atoms with E-state index >= 15 is 0 Å². The summed E-state index contributed by atoms with van der Waals surface area (Å²) < 4.78 is 5.03. The molecule has 1 amide bonds. The maximum atomic E-state index is 12.1. The largest absolute Gasteiger partial charge is 0.452 e. The molecule has 0 radical (unpaired) electrons. The van der Waals surface area contributed by atoms with Gasteiger partial charge in [-0.15, -0.1) is 0 Å². The van der Waals surface area contributed by atoms with Gasteiger partial charge in [0, 0.05) is 0 Å². The van der Waals surface area contributed by atoms with Gasteiger partial charge >= 0.3 is 5.97 Å². The molecule has 0 bridgehead atoms. The van der Waals surface area contributed by atoms with Crippen molar-refractivity contribution in [3.8, 4) is 0 Å². The lowest BCUT2D eigenvalue weighted by Gasteiger charge is -2.17. The van der Waals surface area contributed by atoms with Gasteiger partial charge in [0.25, 0.3) is 5.91 Å². The van der Waals surface area contributed by atoms with Gasteiger partial charge in [0.05, 0.1) is 21.7 Å². The van der Waals surface area contributed by atoms with Crippen LogP contribution in [0.4, 0.5) is 0 Å². The van der Waals surface area contributed by atoms with E-state index in [1.54, 1.807) is 0 Å². The van der Waals surface area contributed by atoms with Crippen LogP contribution in [0.1, 0.15) is 40.9 Å². The smallest absolute Gasteiger partial charge is 0.338 e. The number of amides is 1. The molecule has 4 nitrogen and oxygen atoms in total. The second-order valence-corrected chi connectivity index (χ2v) is 6.46. The summed E-state index contributed by atoms with van der Waals surface area (Å²) >= 11 is 11.7. The highest BCUT2D eigenvalue weighted by atomic mass is 35.5. The average molecular weight is 380 g/mol. The summed E-state index contributed by atoms with van der Waals surface area (Å²) in [6.07, 6.45) is 0.732. The summed E-state index contributed by atoms with van der Waals surface area (Å²) in [5.41, 5.74) is 2.41. The van der Waals surface area contributed by atoms with Crippen LogP contribution >= 0.6 is 23.2 Å². The van der Waals surface area contributed by atoms with E-state index in [2.05, 4.69) is 5.32 Å². The fraction of sp³-hybridized carbons (Fsp3) is 0.263. The van der Waals surface area contributed by atoms with Crippen molar-refractivity contribution in [1.29, 1.82) is 0 Å². The number of aryl methyl sites for hydroxylation is 1. The van der Waals surface area contributed by atoms with Crippen molar-refractivity contribution in [3.63, 3.8) is 0 Å². The molecule has 0 aliphatic rings. The third-order valence-corrected chi connectivity index (χ3v) is 4.45. The summed E-state index contributed by atoms with van der Waals surface area (Å²) in [5, 5.41) is 3.47. The van der Waals surface area contributed by atoms with Gasteiger partial charge in [0.1, 0.15) is 0 Å². The van der Waals surface area contributed by atoms with Crippen LogP contribution in [-0.2, 0) is 9.53 Å². The van der Waals surface area contributed by atoms with Crippen LogP contribution in [0.3, 0.4) is 0 Å². The minimum Gasteiger partial charge on any atom is -0.452 e. The van der Waals surface area contributed by atoms with Crippen molar-refractivity contribution >= 4 is 35.1 Å². The normalized spacial score (nSPS) is 11.7. The molecule has 25 heavy (non-hydrogen) atoms. The van der Waals surface area contributed by atoms with Gasteiger partial charge < -0.3 is 10.1 Å². The van der Waals surface area contributed by atoms with Crippen molar-refractivity contribution in [1.82, 2.24) is 5.32 Å². The van der Waals surface area contributed by atoms with Crippen molar-refractivity contribution in [2.45, 2.75) is 26.3 Å². The first-order valence-corrected chi connectivity index (χ1v) is 8.64. The SMILES string of the molecule is CC[C@H](NC(=O)COC(=O)c1ccc(Cl)c(Cl)c1)c1ccc(C)cc1. The Bertz CT molecular complexity index is 760. The molecule has 0 heterocycles.